The van der Waals surface area contributed by atoms with Gasteiger partial charge in [-0.25, -0.2) is 9.78 Å². The second-order valence-corrected chi connectivity index (χ2v) is 7.74. The molecule has 11 heteroatoms. The summed E-state index contributed by atoms with van der Waals surface area (Å²) in [5.74, 6) is -0.702. The van der Waals surface area contributed by atoms with E-state index in [9.17, 15) is 22.8 Å². The number of hydrogen-bond acceptors (Lipinski definition) is 4. The average Bonchev–Trinajstić information content (AvgIpc) is 3.10. The normalized spacial score (nSPS) is 14.9. The molecular weight excluding hydrogens is 441 g/mol. The second kappa shape index (κ2) is 9.00. The number of halogens is 3. The van der Waals surface area contributed by atoms with E-state index < -0.39 is 12.5 Å². The summed E-state index contributed by atoms with van der Waals surface area (Å²) in [4.78, 5) is 29.7. The number of ether oxygens (including phenoxy) is 1. The van der Waals surface area contributed by atoms with Gasteiger partial charge in [0.15, 0.2) is 0 Å². The molecule has 1 aliphatic heterocycles. The number of amides is 2. The Hall–Kier alpha value is -3.76. The first-order valence-corrected chi connectivity index (χ1v) is 10.3. The smallest absolute Gasteiger partial charge is 0.465 e. The van der Waals surface area contributed by atoms with E-state index in [0.29, 0.717) is 29.4 Å². The van der Waals surface area contributed by atoms with Gasteiger partial charge >= 0.3 is 12.5 Å². The van der Waals surface area contributed by atoms with E-state index in [1.54, 1.807) is 34.9 Å². The number of carbonyl (C=O) groups is 2. The van der Waals surface area contributed by atoms with Crippen LogP contribution in [-0.2, 0) is 11.3 Å². The number of hydrogen-bond donors (Lipinski definition) is 2. The van der Waals surface area contributed by atoms with Gasteiger partial charge in [0.05, 0.1) is 17.6 Å². The maximum atomic E-state index is 12.9. The number of anilines is 1. The van der Waals surface area contributed by atoms with Gasteiger partial charge in [0.2, 0.25) is 11.9 Å². The van der Waals surface area contributed by atoms with Crippen LogP contribution in [0, 0.1) is 5.92 Å². The van der Waals surface area contributed by atoms with Crippen molar-refractivity contribution in [3.63, 3.8) is 0 Å². The summed E-state index contributed by atoms with van der Waals surface area (Å²) >= 11 is 0. The van der Waals surface area contributed by atoms with Crippen molar-refractivity contribution in [1.82, 2.24) is 14.5 Å². The lowest BCUT2D eigenvalue weighted by atomic mass is 9.96. The third-order valence-electron chi connectivity index (χ3n) is 5.50. The summed E-state index contributed by atoms with van der Waals surface area (Å²) < 4.78 is 43.5. The lowest BCUT2D eigenvalue weighted by Gasteiger charge is -2.29. The molecule has 1 aliphatic rings. The Kier molecular flexibility index (Phi) is 6.12. The Labute approximate surface area is 186 Å². The topological polar surface area (TPSA) is 96.7 Å². The standard InChI is InChI=1S/C22H21F3N4O4/c23-22(24,25)33-16-5-3-4-14(12-16)13-29-18-7-2-1-6-17(18)26-20(29)27-19(30)15-8-10-28(11-9-15)21(31)32/h1-7,12,15H,8-11,13H2,(H,31,32)(H,26,27,30). The van der Waals surface area contributed by atoms with Crippen LogP contribution in [0.2, 0.25) is 0 Å². The lowest BCUT2D eigenvalue weighted by molar-refractivity contribution is -0.274. The van der Waals surface area contributed by atoms with E-state index in [4.69, 9.17) is 5.11 Å². The van der Waals surface area contributed by atoms with Gasteiger partial charge in [-0.1, -0.05) is 24.3 Å². The first kappa shape index (κ1) is 22.4. The van der Waals surface area contributed by atoms with Gasteiger partial charge in [-0.3, -0.25) is 10.1 Å². The van der Waals surface area contributed by atoms with Crippen LogP contribution in [0.15, 0.2) is 48.5 Å². The molecule has 8 nitrogen and oxygen atoms in total. The number of para-hydroxylation sites is 2. The van der Waals surface area contributed by atoms with Crippen LogP contribution in [0.5, 0.6) is 5.75 Å². The molecule has 0 spiro atoms. The molecule has 0 bridgehead atoms. The van der Waals surface area contributed by atoms with Crippen molar-refractivity contribution < 1.29 is 32.6 Å². The number of carbonyl (C=O) groups excluding carboxylic acids is 1. The Morgan fingerprint density at radius 1 is 1.12 bits per heavy atom. The summed E-state index contributed by atoms with van der Waals surface area (Å²) in [6.07, 6.45) is -5.01. The fraction of sp³-hybridized carbons (Fsp3) is 0.318. The molecule has 0 unspecified atom stereocenters. The highest BCUT2D eigenvalue weighted by Gasteiger charge is 2.31. The number of benzene rings is 2. The Morgan fingerprint density at radius 3 is 2.55 bits per heavy atom. The third kappa shape index (κ3) is 5.36. The summed E-state index contributed by atoms with van der Waals surface area (Å²) in [6.45, 7) is 0.703. The molecule has 4 rings (SSSR count). The zero-order valence-corrected chi connectivity index (χ0v) is 17.4. The van der Waals surface area contributed by atoms with Crippen molar-refractivity contribution in [2.75, 3.05) is 18.4 Å². The van der Waals surface area contributed by atoms with Crippen LogP contribution < -0.4 is 10.1 Å². The number of likely N-dealkylation sites (tertiary alicyclic amines) is 1. The van der Waals surface area contributed by atoms with Crippen LogP contribution in [-0.4, -0.2) is 51.0 Å². The predicted molar refractivity (Wildman–Crippen MR) is 113 cm³/mol. The van der Waals surface area contributed by atoms with Crippen molar-refractivity contribution in [1.29, 1.82) is 0 Å². The second-order valence-electron chi connectivity index (χ2n) is 7.74. The van der Waals surface area contributed by atoms with Crippen molar-refractivity contribution in [2.24, 2.45) is 5.92 Å². The maximum absolute atomic E-state index is 12.9. The predicted octanol–water partition coefficient (Wildman–Crippen LogP) is 4.31. The molecule has 1 saturated heterocycles. The minimum absolute atomic E-state index is 0.155. The largest absolute Gasteiger partial charge is 0.573 e. The van der Waals surface area contributed by atoms with Gasteiger partial charge in [-0.15, -0.1) is 13.2 Å². The molecule has 0 radical (unpaired) electrons. The summed E-state index contributed by atoms with van der Waals surface area (Å²) in [5, 5.41) is 11.9. The quantitative estimate of drug-likeness (QED) is 0.589. The fourth-order valence-corrected chi connectivity index (χ4v) is 3.90. The van der Waals surface area contributed by atoms with Crippen LogP contribution >= 0.6 is 0 Å². The van der Waals surface area contributed by atoms with Crippen molar-refractivity contribution in [2.45, 2.75) is 25.7 Å². The van der Waals surface area contributed by atoms with Gasteiger partial charge in [0.1, 0.15) is 5.75 Å². The van der Waals surface area contributed by atoms with E-state index in [-0.39, 0.29) is 43.2 Å². The molecule has 2 heterocycles. The highest BCUT2D eigenvalue weighted by Crippen LogP contribution is 2.27. The summed E-state index contributed by atoms with van der Waals surface area (Å²) in [5.41, 5.74) is 1.86. The number of rotatable bonds is 5. The minimum Gasteiger partial charge on any atom is -0.465 e. The van der Waals surface area contributed by atoms with Gasteiger partial charge in [-0.05, 0) is 42.7 Å². The SMILES string of the molecule is O=C(Nc1nc2ccccc2n1Cc1cccc(OC(F)(F)F)c1)C1CCN(C(=O)O)CC1. The molecule has 3 aromatic rings. The lowest BCUT2D eigenvalue weighted by Crippen LogP contribution is -2.40. The first-order chi connectivity index (χ1) is 15.7. The third-order valence-corrected chi connectivity index (χ3v) is 5.50. The van der Waals surface area contributed by atoms with Gasteiger partial charge in [0.25, 0.3) is 0 Å². The number of aromatic nitrogens is 2. The molecule has 174 valence electrons. The Bertz CT molecular complexity index is 1170. The van der Waals surface area contributed by atoms with Crippen LogP contribution in [0.1, 0.15) is 18.4 Å². The summed E-state index contributed by atoms with van der Waals surface area (Å²) in [6, 6.07) is 12.8. The van der Waals surface area contributed by atoms with Crippen LogP contribution in [0.3, 0.4) is 0 Å². The zero-order valence-electron chi connectivity index (χ0n) is 17.4. The molecule has 1 aromatic heterocycles. The molecule has 33 heavy (non-hydrogen) atoms. The average molecular weight is 462 g/mol. The number of nitrogens with one attached hydrogen (secondary N) is 1. The molecular formula is C22H21F3N4O4. The van der Waals surface area contributed by atoms with Crippen LogP contribution in [0.25, 0.3) is 11.0 Å². The van der Waals surface area contributed by atoms with Crippen molar-refractivity contribution in [3.05, 3.63) is 54.1 Å². The van der Waals surface area contributed by atoms with E-state index in [1.807, 2.05) is 0 Å². The number of nitrogens with zero attached hydrogens (tertiary/aromatic N) is 3. The highest BCUT2D eigenvalue weighted by molar-refractivity contribution is 5.93. The fourth-order valence-electron chi connectivity index (χ4n) is 3.90. The van der Waals surface area contributed by atoms with Gasteiger partial charge in [-0.2, -0.15) is 0 Å². The maximum Gasteiger partial charge on any atom is 0.573 e. The van der Waals surface area contributed by atoms with Crippen molar-refractivity contribution >= 4 is 29.0 Å². The molecule has 0 aliphatic carbocycles. The summed E-state index contributed by atoms with van der Waals surface area (Å²) in [7, 11) is 0. The van der Waals surface area contributed by atoms with Gasteiger partial charge < -0.3 is 19.3 Å². The number of alkyl halides is 3. The monoisotopic (exact) mass is 462 g/mol. The van der Waals surface area contributed by atoms with E-state index in [2.05, 4.69) is 15.0 Å². The first-order valence-electron chi connectivity index (χ1n) is 10.3. The molecule has 0 saturated carbocycles. The van der Waals surface area contributed by atoms with E-state index in [1.165, 1.54) is 23.1 Å². The number of carboxylic acid groups (broad SMARTS) is 1. The molecule has 2 aromatic carbocycles. The van der Waals surface area contributed by atoms with Crippen LogP contribution in [0.4, 0.5) is 23.9 Å². The number of imidazole rings is 1. The minimum atomic E-state index is -4.80. The molecule has 0 atom stereocenters. The Morgan fingerprint density at radius 2 is 1.85 bits per heavy atom. The van der Waals surface area contributed by atoms with Crippen molar-refractivity contribution in [3.8, 4) is 5.75 Å². The Balaban J connectivity index is 1.56. The molecule has 2 N–H and O–H groups in total. The zero-order chi connectivity index (χ0) is 23.6. The van der Waals surface area contributed by atoms with Gasteiger partial charge in [0, 0.05) is 19.0 Å². The van der Waals surface area contributed by atoms with E-state index >= 15 is 0 Å². The molecule has 1 fully saturated rings. The van der Waals surface area contributed by atoms with E-state index in [0.717, 1.165) is 0 Å². The highest BCUT2D eigenvalue weighted by atomic mass is 19.4. The number of fused-ring (bicyclic) bond motifs is 1. The molecule has 2 amide bonds. The number of piperidine rings is 1.